The number of alkyl halides is 3. The molecular weight excluding hydrogens is 717 g/mol. The van der Waals surface area contributed by atoms with Crippen molar-refractivity contribution in [2.75, 3.05) is 42.9 Å². The summed E-state index contributed by atoms with van der Waals surface area (Å²) in [5.74, 6) is -0.583. The number of nitrogens with one attached hydrogen (secondary N) is 3. The molecule has 1 atom stereocenters. The highest BCUT2D eigenvalue weighted by atomic mass is 19.4. The first kappa shape index (κ1) is 37.7. The summed E-state index contributed by atoms with van der Waals surface area (Å²) in [5, 5.41) is 12.3. The number of imidazole rings is 1. The number of anilines is 2. The van der Waals surface area contributed by atoms with Crippen LogP contribution in [0, 0.1) is 12.8 Å². The van der Waals surface area contributed by atoms with Gasteiger partial charge in [0, 0.05) is 60.1 Å². The Morgan fingerprint density at radius 1 is 1.00 bits per heavy atom. The molecule has 3 amide bonds. The zero-order chi connectivity index (χ0) is 38.9. The standard InChI is InChI=1S/C24H33N5O3.C14H10F3N5O.2H2/c1-26-22-18(28-14-12-27(13-15-28)16-17-6-3-2-4-7-17)8-5-9-19(22)29(24(26)32)20-10-11-21(30)25-23(20)31;1-7-2-10-8(4-19-22-10)3-9(7)21-13(23)11-5-18-6-12(20-11)14(15,16)17;;/h5,8-9,17,20H,2-4,6-7,10-16H2,1H3,(H,25,30,31);2-6H,1H3,(H,19,22)(H,21,23);2*1H. The monoisotopic (exact) mass is 764 g/mol. The summed E-state index contributed by atoms with van der Waals surface area (Å²) in [6, 6.07) is 8.75. The number of H-pyrrole nitrogens is 1. The van der Waals surface area contributed by atoms with E-state index in [0.717, 1.165) is 71.5 Å². The number of para-hydroxylation sites is 1. The number of amides is 3. The second-order valence-electron chi connectivity index (χ2n) is 14.5. The van der Waals surface area contributed by atoms with Crippen molar-refractivity contribution in [1.82, 2.24) is 39.5 Å². The van der Waals surface area contributed by atoms with Crippen molar-refractivity contribution in [3.63, 3.8) is 0 Å². The molecule has 3 fully saturated rings. The van der Waals surface area contributed by atoms with Crippen molar-refractivity contribution >= 4 is 51.0 Å². The minimum absolute atomic E-state index is 0. The van der Waals surface area contributed by atoms with E-state index in [1.165, 1.54) is 38.6 Å². The number of aromatic nitrogens is 6. The molecule has 2 saturated heterocycles. The third-order valence-electron chi connectivity index (χ3n) is 10.7. The molecule has 17 heteroatoms. The van der Waals surface area contributed by atoms with Crippen LogP contribution in [-0.4, -0.2) is 84.6 Å². The lowest BCUT2D eigenvalue weighted by atomic mass is 9.89. The van der Waals surface area contributed by atoms with Gasteiger partial charge in [0.1, 0.15) is 11.7 Å². The lowest BCUT2D eigenvalue weighted by Crippen LogP contribution is -2.48. The number of fused-ring (bicyclic) bond motifs is 2. The lowest BCUT2D eigenvalue weighted by Gasteiger charge is -2.38. The Kier molecular flexibility index (Phi) is 10.7. The van der Waals surface area contributed by atoms with Crippen LogP contribution in [-0.2, 0) is 22.8 Å². The van der Waals surface area contributed by atoms with E-state index < -0.39 is 35.4 Å². The van der Waals surface area contributed by atoms with Crippen LogP contribution < -0.4 is 21.2 Å². The number of aryl methyl sites for hydroxylation is 2. The van der Waals surface area contributed by atoms with E-state index in [1.807, 2.05) is 12.1 Å². The fourth-order valence-corrected chi connectivity index (χ4v) is 7.84. The number of hydrogen-bond acceptors (Lipinski definition) is 9. The number of hydrogen-bond donors (Lipinski definition) is 3. The summed E-state index contributed by atoms with van der Waals surface area (Å²) in [5.41, 5.74) is 2.82. The van der Waals surface area contributed by atoms with Crippen LogP contribution >= 0.6 is 0 Å². The Hall–Kier alpha value is -5.58. The second-order valence-corrected chi connectivity index (χ2v) is 14.5. The SMILES string of the molecule is Cc1cc2[nH]ncc2cc1NC(=O)c1cncc(C(F)(F)F)n1.Cn1c(=O)n(C2CCC(=O)NC2=O)c2cccc(N3CCN(CC4CCCCC4)CC3)c21.[HH].[HH]. The Morgan fingerprint density at radius 2 is 1.76 bits per heavy atom. The first-order valence-corrected chi connectivity index (χ1v) is 18.5. The van der Waals surface area contributed by atoms with Crippen LogP contribution in [0.4, 0.5) is 24.5 Å². The van der Waals surface area contributed by atoms with E-state index in [1.54, 1.807) is 41.4 Å². The van der Waals surface area contributed by atoms with Crippen LogP contribution in [0.5, 0.6) is 0 Å². The molecule has 3 aliphatic rings. The maximum atomic E-state index is 13.2. The van der Waals surface area contributed by atoms with Gasteiger partial charge in [0.25, 0.3) is 5.91 Å². The minimum Gasteiger partial charge on any atom is -0.367 e. The van der Waals surface area contributed by atoms with E-state index in [2.05, 4.69) is 46.7 Å². The summed E-state index contributed by atoms with van der Waals surface area (Å²) in [4.78, 5) is 61.0. The zero-order valence-corrected chi connectivity index (χ0v) is 30.7. The third-order valence-corrected chi connectivity index (χ3v) is 10.7. The maximum absolute atomic E-state index is 13.2. The van der Waals surface area contributed by atoms with Crippen LogP contribution in [0.2, 0.25) is 0 Å². The summed E-state index contributed by atoms with van der Waals surface area (Å²) in [6.45, 7) is 6.91. The highest BCUT2D eigenvalue weighted by Crippen LogP contribution is 2.32. The van der Waals surface area contributed by atoms with Crippen molar-refractivity contribution in [3.8, 4) is 0 Å². The lowest BCUT2D eigenvalue weighted by molar-refractivity contribution is -0.141. The first-order chi connectivity index (χ1) is 26.4. The van der Waals surface area contributed by atoms with Gasteiger partial charge in [-0.25, -0.2) is 9.78 Å². The van der Waals surface area contributed by atoms with Gasteiger partial charge in [0.05, 0.1) is 40.8 Å². The Bertz CT molecular complexity index is 2300. The van der Waals surface area contributed by atoms with Gasteiger partial charge >= 0.3 is 11.9 Å². The van der Waals surface area contributed by atoms with E-state index in [9.17, 15) is 32.3 Å². The Labute approximate surface area is 317 Å². The van der Waals surface area contributed by atoms with Crippen molar-refractivity contribution in [3.05, 3.63) is 76.4 Å². The number of carbonyl (C=O) groups excluding carboxylic acids is 3. The van der Waals surface area contributed by atoms with E-state index in [4.69, 9.17) is 0 Å². The van der Waals surface area contributed by atoms with Gasteiger partial charge in [0.2, 0.25) is 11.8 Å². The predicted molar refractivity (Wildman–Crippen MR) is 204 cm³/mol. The smallest absolute Gasteiger partial charge is 0.367 e. The molecule has 0 radical (unpaired) electrons. The molecule has 1 unspecified atom stereocenters. The molecule has 1 aliphatic carbocycles. The number of benzene rings is 2. The van der Waals surface area contributed by atoms with Gasteiger partial charge in [-0.1, -0.05) is 25.3 Å². The number of halogens is 3. The number of piperazine rings is 1. The number of carbonyl (C=O) groups is 3. The molecule has 2 aromatic carbocycles. The normalized spacial score (nSPS) is 18.6. The summed E-state index contributed by atoms with van der Waals surface area (Å²) < 4.78 is 41.1. The fourth-order valence-electron chi connectivity index (χ4n) is 7.84. The number of aromatic amines is 1. The van der Waals surface area contributed by atoms with Gasteiger partial charge in [-0.05, 0) is 61.9 Å². The van der Waals surface area contributed by atoms with Gasteiger partial charge in [-0.2, -0.15) is 18.3 Å². The molecule has 5 heterocycles. The van der Waals surface area contributed by atoms with Gasteiger partial charge in [-0.15, -0.1) is 0 Å². The van der Waals surface area contributed by atoms with E-state index in [-0.39, 0.29) is 20.9 Å². The predicted octanol–water partition coefficient (Wildman–Crippen LogP) is 5.44. The average molecular weight is 765 g/mol. The molecule has 0 bridgehead atoms. The van der Waals surface area contributed by atoms with Gasteiger partial charge in [0.15, 0.2) is 5.69 Å². The fraction of sp³-hybridized carbons (Fsp3) is 0.447. The van der Waals surface area contributed by atoms with Crippen LogP contribution in [0.25, 0.3) is 21.9 Å². The zero-order valence-electron chi connectivity index (χ0n) is 30.7. The maximum Gasteiger partial charge on any atom is 0.434 e. The Morgan fingerprint density at radius 3 is 2.49 bits per heavy atom. The van der Waals surface area contributed by atoms with Crippen molar-refractivity contribution in [2.24, 2.45) is 13.0 Å². The molecule has 3 aromatic heterocycles. The van der Waals surface area contributed by atoms with Crippen LogP contribution in [0.15, 0.2) is 53.7 Å². The Balaban J connectivity index is 0.000000221. The second kappa shape index (κ2) is 15.6. The van der Waals surface area contributed by atoms with Gasteiger partial charge in [-0.3, -0.25) is 43.8 Å². The summed E-state index contributed by atoms with van der Waals surface area (Å²) >= 11 is 0. The van der Waals surface area contributed by atoms with Gasteiger partial charge < -0.3 is 10.2 Å². The molecule has 1 saturated carbocycles. The topological polar surface area (TPSA) is 163 Å². The van der Waals surface area contributed by atoms with Crippen molar-refractivity contribution in [2.45, 2.75) is 64.1 Å². The molecule has 8 rings (SSSR count). The number of nitrogens with zero attached hydrogens (tertiary/aromatic N) is 7. The number of imide groups is 1. The molecule has 2 aliphatic heterocycles. The minimum atomic E-state index is -4.66. The molecule has 5 aromatic rings. The van der Waals surface area contributed by atoms with Crippen LogP contribution in [0.3, 0.4) is 0 Å². The first-order valence-electron chi connectivity index (χ1n) is 18.5. The van der Waals surface area contributed by atoms with Crippen LogP contribution in [0.1, 0.15) is 75.6 Å². The molecule has 294 valence electrons. The van der Waals surface area contributed by atoms with Crippen molar-refractivity contribution < 1.29 is 30.4 Å². The van der Waals surface area contributed by atoms with E-state index >= 15 is 0 Å². The molecule has 3 N–H and O–H groups in total. The summed E-state index contributed by atoms with van der Waals surface area (Å²) in [6.07, 6.45) is 5.97. The van der Waals surface area contributed by atoms with Crippen molar-refractivity contribution in [1.29, 1.82) is 0 Å². The summed E-state index contributed by atoms with van der Waals surface area (Å²) in [7, 11) is 1.77. The molecule has 14 nitrogen and oxygen atoms in total. The highest BCUT2D eigenvalue weighted by Gasteiger charge is 2.34. The largest absolute Gasteiger partial charge is 0.434 e. The molecular formula is C38H47F3N10O4. The molecule has 0 spiro atoms. The average Bonchev–Trinajstić information content (AvgIpc) is 3.73. The highest BCUT2D eigenvalue weighted by molar-refractivity contribution is 6.04. The number of piperidine rings is 1. The third kappa shape index (κ3) is 8.11. The molecule has 55 heavy (non-hydrogen) atoms. The number of rotatable bonds is 6. The quantitative estimate of drug-likeness (QED) is 0.191. The van der Waals surface area contributed by atoms with E-state index in [0.29, 0.717) is 18.3 Å².